The third-order valence-electron chi connectivity index (χ3n) is 3.18. The Morgan fingerprint density at radius 1 is 0.694 bits per heavy atom. The van der Waals surface area contributed by atoms with E-state index in [1.807, 2.05) is 13.8 Å². The fraction of sp³-hybridized carbons (Fsp3) is 0.556. The van der Waals surface area contributed by atoms with Crippen LogP contribution in [0.15, 0.2) is 48.6 Å². The molecule has 0 radical (unpaired) electrons. The summed E-state index contributed by atoms with van der Waals surface area (Å²) in [5.74, 6) is -0.991. The molecule has 0 aliphatic carbocycles. The molecule has 0 aliphatic rings. The minimum Gasteiger partial charge on any atom is -0.466 e. The maximum Gasteiger partial charge on any atom is 0.333 e. The lowest BCUT2D eigenvalue weighted by Crippen LogP contribution is -2.09. The van der Waals surface area contributed by atoms with Crippen LogP contribution in [0, 0.1) is 5.92 Å². The highest BCUT2D eigenvalue weighted by Gasteiger charge is 2.03. The van der Waals surface area contributed by atoms with Gasteiger partial charge in [0.25, 0.3) is 0 Å². The van der Waals surface area contributed by atoms with Gasteiger partial charge in [-0.3, -0.25) is 0 Å². The molecular formula is C27H46O9. The highest BCUT2D eigenvalue weighted by Crippen LogP contribution is 1.97. The zero-order chi connectivity index (χ0) is 29.3. The van der Waals surface area contributed by atoms with Gasteiger partial charge in [0.05, 0.1) is 26.9 Å². The lowest BCUT2D eigenvalue weighted by molar-refractivity contribution is -0.140. The molecule has 0 atom stereocenters. The van der Waals surface area contributed by atoms with E-state index in [0.717, 1.165) is 12.8 Å². The molecule has 0 fully saturated rings. The summed E-state index contributed by atoms with van der Waals surface area (Å²) in [4.78, 5) is 42.1. The number of esters is 4. The lowest BCUT2D eigenvalue weighted by atomic mass is 10.2. The molecule has 9 nitrogen and oxygen atoms in total. The summed E-state index contributed by atoms with van der Waals surface area (Å²) in [7, 11) is 1.33. The second kappa shape index (κ2) is 26.4. The van der Waals surface area contributed by atoms with E-state index >= 15 is 0 Å². The van der Waals surface area contributed by atoms with E-state index in [9.17, 15) is 19.2 Å². The van der Waals surface area contributed by atoms with E-state index < -0.39 is 5.97 Å². The number of methoxy groups -OCH3 is 1. The summed E-state index contributed by atoms with van der Waals surface area (Å²) >= 11 is 0. The van der Waals surface area contributed by atoms with Crippen LogP contribution >= 0.6 is 0 Å². The first-order chi connectivity index (χ1) is 16.6. The first-order valence-electron chi connectivity index (χ1n) is 11.4. The molecule has 0 aromatic carbocycles. The van der Waals surface area contributed by atoms with E-state index in [-0.39, 0.29) is 31.1 Å². The molecule has 36 heavy (non-hydrogen) atoms. The molecule has 0 aromatic rings. The zero-order valence-electron chi connectivity index (χ0n) is 23.4. The van der Waals surface area contributed by atoms with Crippen molar-refractivity contribution < 1.29 is 43.2 Å². The maximum absolute atomic E-state index is 10.7. The average Bonchev–Trinajstić information content (AvgIpc) is 2.81. The molecule has 0 bridgehead atoms. The number of hydrogen-bond acceptors (Lipinski definition) is 9. The van der Waals surface area contributed by atoms with Gasteiger partial charge in [0, 0.05) is 22.3 Å². The van der Waals surface area contributed by atoms with Gasteiger partial charge >= 0.3 is 23.9 Å². The third kappa shape index (κ3) is 33.0. The minimum absolute atomic E-state index is 0.0473. The Hall–Kier alpha value is -3.20. The van der Waals surface area contributed by atoms with Crippen molar-refractivity contribution >= 4 is 23.9 Å². The number of carbonyl (C=O) groups excluding carboxylic acids is 4. The number of aliphatic hydroxyl groups is 1. The molecule has 0 unspecified atom stereocenters. The van der Waals surface area contributed by atoms with Gasteiger partial charge in [-0.25, -0.2) is 19.2 Å². The SMILES string of the molecule is C=C(C)C(=O)OC.C=C(C)C(=O)OCC(C)C.C=C(C)C(=O)OCCCC.C=C(C)C(=O)OCCO. The fourth-order valence-corrected chi connectivity index (χ4v) is 1.23. The first kappa shape index (κ1) is 40.0. The van der Waals surface area contributed by atoms with Gasteiger partial charge in [0.2, 0.25) is 0 Å². The highest BCUT2D eigenvalue weighted by atomic mass is 16.5. The predicted octanol–water partition coefficient (Wildman–Crippen LogP) is 4.50. The van der Waals surface area contributed by atoms with E-state index in [0.29, 0.717) is 41.4 Å². The molecule has 0 rings (SSSR count). The smallest absolute Gasteiger partial charge is 0.333 e. The van der Waals surface area contributed by atoms with Crippen molar-refractivity contribution in [2.45, 2.75) is 61.3 Å². The van der Waals surface area contributed by atoms with E-state index in [1.54, 1.807) is 27.7 Å². The normalized spacial score (nSPS) is 8.83. The molecule has 0 aliphatic heterocycles. The number of aliphatic hydroxyl groups excluding tert-OH is 1. The number of rotatable bonds is 11. The number of ether oxygens (including phenoxy) is 4. The Kier molecular flexibility index (Phi) is 29.3. The van der Waals surface area contributed by atoms with Gasteiger partial charge in [-0.05, 0) is 40.0 Å². The van der Waals surface area contributed by atoms with Gasteiger partial charge in [-0.2, -0.15) is 0 Å². The summed E-state index contributed by atoms with van der Waals surface area (Å²) in [5, 5.41) is 8.19. The van der Waals surface area contributed by atoms with Crippen LogP contribution in [0.3, 0.4) is 0 Å². The Labute approximate surface area is 216 Å². The Bertz CT molecular complexity index is 719. The Morgan fingerprint density at radius 2 is 1.06 bits per heavy atom. The van der Waals surface area contributed by atoms with Gasteiger partial charge in [-0.1, -0.05) is 53.5 Å². The Balaban J connectivity index is -0.000000191. The quantitative estimate of drug-likeness (QED) is 0.183. The monoisotopic (exact) mass is 514 g/mol. The van der Waals surface area contributed by atoms with Crippen LogP contribution in [0.2, 0.25) is 0 Å². The molecule has 0 saturated heterocycles. The van der Waals surface area contributed by atoms with Crippen molar-refractivity contribution in [3.63, 3.8) is 0 Å². The predicted molar refractivity (Wildman–Crippen MR) is 141 cm³/mol. The summed E-state index contributed by atoms with van der Waals surface area (Å²) in [6, 6.07) is 0. The molecule has 9 heteroatoms. The molecule has 0 amide bonds. The number of hydrogen-bond donors (Lipinski definition) is 1. The Morgan fingerprint density at radius 3 is 1.31 bits per heavy atom. The van der Waals surface area contributed by atoms with E-state index in [4.69, 9.17) is 14.6 Å². The summed E-state index contributed by atoms with van der Waals surface area (Å²) in [6.07, 6.45) is 1.97. The zero-order valence-corrected chi connectivity index (χ0v) is 23.4. The number of unbranched alkanes of at least 4 members (excludes halogenated alkanes) is 1. The summed E-state index contributed by atoms with van der Waals surface area (Å²) < 4.78 is 18.4. The minimum atomic E-state index is -0.455. The van der Waals surface area contributed by atoms with Gasteiger partial charge in [0.15, 0.2) is 0 Å². The van der Waals surface area contributed by atoms with Crippen molar-refractivity contribution in [2.75, 3.05) is 33.5 Å². The van der Waals surface area contributed by atoms with E-state index in [1.165, 1.54) is 7.11 Å². The van der Waals surface area contributed by atoms with Crippen molar-refractivity contribution in [3.05, 3.63) is 48.6 Å². The average molecular weight is 515 g/mol. The van der Waals surface area contributed by atoms with Gasteiger partial charge in [-0.15, -0.1) is 0 Å². The van der Waals surface area contributed by atoms with Crippen LogP contribution in [0.1, 0.15) is 61.3 Å². The largest absolute Gasteiger partial charge is 0.466 e. The van der Waals surface area contributed by atoms with E-state index in [2.05, 4.69) is 42.7 Å². The van der Waals surface area contributed by atoms with Crippen LogP contribution in [0.5, 0.6) is 0 Å². The molecule has 1 N–H and O–H groups in total. The second-order valence-corrected chi connectivity index (χ2v) is 7.95. The van der Waals surface area contributed by atoms with Crippen molar-refractivity contribution in [2.24, 2.45) is 5.92 Å². The molecule has 0 heterocycles. The van der Waals surface area contributed by atoms with Gasteiger partial charge in [0.1, 0.15) is 6.61 Å². The second-order valence-electron chi connectivity index (χ2n) is 7.95. The molecular weight excluding hydrogens is 468 g/mol. The van der Waals surface area contributed by atoms with Crippen molar-refractivity contribution in [1.82, 2.24) is 0 Å². The van der Waals surface area contributed by atoms with Gasteiger partial charge < -0.3 is 24.1 Å². The fourth-order valence-electron chi connectivity index (χ4n) is 1.23. The molecule has 0 spiro atoms. The molecule has 0 aromatic heterocycles. The van der Waals surface area contributed by atoms with Crippen molar-refractivity contribution in [3.8, 4) is 0 Å². The summed E-state index contributed by atoms with van der Waals surface area (Å²) in [5.41, 5.74) is 1.71. The molecule has 208 valence electrons. The standard InChI is InChI=1S/2C8H14O2.C6H10O3.C5H8O2/c1-6(2)5-10-8(9)7(3)4;1-4-5-6-10-8(9)7(2)3;1-5(2)6(8)9-4-3-7;1-4(2)5(6)7-3/h6H,3,5H2,1-2,4H3;2,4-6H2,1,3H3;7H,1,3-4H2,2H3;1H2,2-3H3. The third-order valence-corrected chi connectivity index (χ3v) is 3.18. The van der Waals surface area contributed by atoms with Crippen LogP contribution in [0.4, 0.5) is 0 Å². The highest BCUT2D eigenvalue weighted by molar-refractivity contribution is 5.87. The maximum atomic E-state index is 10.7. The topological polar surface area (TPSA) is 125 Å². The van der Waals surface area contributed by atoms with Crippen LogP contribution in [-0.2, 0) is 38.1 Å². The van der Waals surface area contributed by atoms with Crippen LogP contribution < -0.4 is 0 Å². The number of carbonyl (C=O) groups is 4. The lowest BCUT2D eigenvalue weighted by Gasteiger charge is -2.05. The summed E-state index contributed by atoms with van der Waals surface area (Å²) in [6.45, 7) is 27.0. The van der Waals surface area contributed by atoms with Crippen molar-refractivity contribution in [1.29, 1.82) is 0 Å². The van der Waals surface area contributed by atoms with Crippen LogP contribution in [0.25, 0.3) is 0 Å². The molecule has 0 saturated carbocycles. The van der Waals surface area contributed by atoms with Crippen LogP contribution in [-0.4, -0.2) is 62.5 Å². The first-order valence-corrected chi connectivity index (χ1v) is 11.4.